The maximum absolute atomic E-state index is 12.7. The summed E-state index contributed by atoms with van der Waals surface area (Å²) in [4.78, 5) is 21.3. The van der Waals surface area contributed by atoms with Gasteiger partial charge in [-0.05, 0) is 34.9 Å². The normalized spacial score (nSPS) is 16.6. The first-order valence-corrected chi connectivity index (χ1v) is 8.94. The van der Waals surface area contributed by atoms with Gasteiger partial charge in [-0.1, -0.05) is 22.0 Å². The van der Waals surface area contributed by atoms with Crippen molar-refractivity contribution < 1.29 is 9.53 Å². The fourth-order valence-electron chi connectivity index (χ4n) is 3.22. The van der Waals surface area contributed by atoms with Crippen LogP contribution in [0.15, 0.2) is 28.9 Å². The summed E-state index contributed by atoms with van der Waals surface area (Å²) in [5, 5.41) is 5.26. The summed E-state index contributed by atoms with van der Waals surface area (Å²) in [5.74, 6) is -0.343. The molecule has 4 rings (SSSR count). The highest BCUT2D eigenvalue weighted by Crippen LogP contribution is 2.39. The smallest absolute Gasteiger partial charge is 0.224 e. The molecule has 6 nitrogen and oxygen atoms in total. The van der Waals surface area contributed by atoms with Gasteiger partial charge >= 0.3 is 0 Å². The van der Waals surface area contributed by atoms with Gasteiger partial charge < -0.3 is 4.74 Å². The van der Waals surface area contributed by atoms with Crippen molar-refractivity contribution in [3.8, 4) is 0 Å². The fourth-order valence-corrected chi connectivity index (χ4v) is 3.77. The maximum atomic E-state index is 12.7. The van der Waals surface area contributed by atoms with Crippen LogP contribution in [-0.4, -0.2) is 39.2 Å². The van der Waals surface area contributed by atoms with E-state index in [4.69, 9.17) is 16.3 Å². The summed E-state index contributed by atoms with van der Waals surface area (Å²) in [6.45, 7) is 1.12. The molecule has 3 aromatic rings. The Hall–Kier alpha value is -1.83. The largest absolute Gasteiger partial charge is 0.383 e. The van der Waals surface area contributed by atoms with Crippen molar-refractivity contribution in [2.24, 2.45) is 0 Å². The third-order valence-corrected chi connectivity index (χ3v) is 4.99. The van der Waals surface area contributed by atoms with Gasteiger partial charge in [0.2, 0.25) is 5.28 Å². The minimum absolute atomic E-state index is 0.0933. The van der Waals surface area contributed by atoms with Crippen LogP contribution in [0.5, 0.6) is 0 Å². The minimum atomic E-state index is -0.449. The first-order chi connectivity index (χ1) is 12.1. The van der Waals surface area contributed by atoms with Crippen molar-refractivity contribution in [3.63, 3.8) is 0 Å². The standard InChI is InChI=1S/C17H14BrClN4O2/c1-25-5-4-23-8-12-15(20-17(19)21-16(12)22-23)14-11-7-10(18)3-2-9(11)6-13(14)24/h2-3,7-8,14H,4-6H2,1H3. The van der Waals surface area contributed by atoms with E-state index >= 15 is 0 Å². The summed E-state index contributed by atoms with van der Waals surface area (Å²) >= 11 is 9.59. The van der Waals surface area contributed by atoms with E-state index in [1.165, 1.54) is 0 Å². The third-order valence-electron chi connectivity index (χ3n) is 4.33. The molecule has 128 valence electrons. The molecule has 0 saturated heterocycles. The number of halogens is 2. The molecule has 0 radical (unpaired) electrons. The van der Waals surface area contributed by atoms with Gasteiger partial charge in [0.15, 0.2) is 11.4 Å². The number of methoxy groups -OCH3 is 1. The second-order valence-electron chi connectivity index (χ2n) is 5.92. The summed E-state index contributed by atoms with van der Waals surface area (Å²) in [6.07, 6.45) is 2.25. The number of fused-ring (bicyclic) bond motifs is 2. The van der Waals surface area contributed by atoms with E-state index < -0.39 is 5.92 Å². The number of carbonyl (C=O) groups excluding carboxylic acids is 1. The van der Waals surface area contributed by atoms with Gasteiger partial charge in [-0.25, -0.2) is 4.98 Å². The van der Waals surface area contributed by atoms with Gasteiger partial charge in [0.05, 0.1) is 30.1 Å². The van der Waals surface area contributed by atoms with Crippen molar-refractivity contribution in [2.45, 2.75) is 18.9 Å². The van der Waals surface area contributed by atoms with Crippen LogP contribution in [0.1, 0.15) is 22.7 Å². The van der Waals surface area contributed by atoms with Crippen molar-refractivity contribution in [2.75, 3.05) is 13.7 Å². The van der Waals surface area contributed by atoms with Crippen molar-refractivity contribution in [1.29, 1.82) is 0 Å². The van der Waals surface area contributed by atoms with Crippen molar-refractivity contribution in [3.05, 3.63) is 51.0 Å². The molecule has 1 unspecified atom stereocenters. The zero-order chi connectivity index (χ0) is 17.6. The monoisotopic (exact) mass is 420 g/mol. The van der Waals surface area contributed by atoms with Gasteiger partial charge in [0.25, 0.3) is 0 Å². The zero-order valence-corrected chi connectivity index (χ0v) is 15.7. The number of rotatable bonds is 4. The molecule has 1 atom stereocenters. The molecule has 1 aliphatic rings. The second kappa shape index (κ2) is 6.48. The Balaban J connectivity index is 1.88. The lowest BCUT2D eigenvalue weighted by Gasteiger charge is -2.11. The molecule has 0 N–H and O–H groups in total. The Morgan fingerprint density at radius 2 is 2.24 bits per heavy atom. The minimum Gasteiger partial charge on any atom is -0.383 e. The van der Waals surface area contributed by atoms with Gasteiger partial charge in [-0.3, -0.25) is 9.48 Å². The molecule has 2 heterocycles. The van der Waals surface area contributed by atoms with Gasteiger partial charge in [0, 0.05) is 24.2 Å². The number of hydrogen-bond donors (Lipinski definition) is 0. The highest BCUT2D eigenvalue weighted by molar-refractivity contribution is 9.10. The SMILES string of the molecule is COCCn1cc2c(C3C(=O)Cc4ccc(Br)cc43)nc(Cl)nc2n1. The van der Waals surface area contributed by atoms with Gasteiger partial charge in [-0.2, -0.15) is 10.1 Å². The van der Waals surface area contributed by atoms with Crippen molar-refractivity contribution >= 4 is 44.3 Å². The van der Waals surface area contributed by atoms with Crippen LogP contribution >= 0.6 is 27.5 Å². The highest BCUT2D eigenvalue weighted by Gasteiger charge is 2.35. The molecule has 0 fully saturated rings. The maximum Gasteiger partial charge on any atom is 0.224 e. The molecule has 25 heavy (non-hydrogen) atoms. The number of benzene rings is 1. The highest BCUT2D eigenvalue weighted by atomic mass is 79.9. The van der Waals surface area contributed by atoms with E-state index in [1.807, 2.05) is 24.4 Å². The van der Waals surface area contributed by atoms with Crippen LogP contribution in [0.4, 0.5) is 0 Å². The summed E-state index contributed by atoms with van der Waals surface area (Å²) in [6, 6.07) is 5.89. The van der Waals surface area contributed by atoms with E-state index in [2.05, 4.69) is 31.0 Å². The van der Waals surface area contributed by atoms with E-state index in [9.17, 15) is 4.79 Å². The van der Waals surface area contributed by atoms with Crippen LogP contribution in [0.2, 0.25) is 5.28 Å². The van der Waals surface area contributed by atoms with E-state index in [1.54, 1.807) is 11.8 Å². The number of Topliss-reactive ketones (excluding diaryl/α,β-unsaturated/α-hetero) is 1. The summed E-state index contributed by atoms with van der Waals surface area (Å²) in [7, 11) is 1.64. The number of nitrogens with zero attached hydrogens (tertiary/aromatic N) is 4. The molecule has 0 amide bonds. The molecule has 0 spiro atoms. The first-order valence-electron chi connectivity index (χ1n) is 7.77. The lowest BCUT2D eigenvalue weighted by atomic mass is 9.95. The fraction of sp³-hybridized carbons (Fsp3) is 0.294. The van der Waals surface area contributed by atoms with Crippen LogP contribution < -0.4 is 0 Å². The summed E-state index contributed by atoms with van der Waals surface area (Å²) in [5.41, 5.74) is 3.08. The van der Waals surface area contributed by atoms with Crippen LogP contribution in [0, 0.1) is 0 Å². The van der Waals surface area contributed by atoms with E-state index in [0.717, 1.165) is 21.0 Å². The predicted octanol–water partition coefficient (Wildman–Crippen LogP) is 3.15. The first kappa shape index (κ1) is 16.6. The number of hydrogen-bond acceptors (Lipinski definition) is 5. The van der Waals surface area contributed by atoms with Gasteiger partial charge in [-0.15, -0.1) is 0 Å². The number of aromatic nitrogens is 4. The number of ketones is 1. The molecule has 0 aliphatic heterocycles. The van der Waals surface area contributed by atoms with E-state index in [0.29, 0.717) is 30.9 Å². The molecular weight excluding hydrogens is 408 g/mol. The average molecular weight is 422 g/mol. The molecule has 8 heteroatoms. The molecule has 2 aromatic heterocycles. The molecule has 1 aromatic carbocycles. The van der Waals surface area contributed by atoms with Crippen LogP contribution in [0.25, 0.3) is 11.0 Å². The lowest BCUT2D eigenvalue weighted by molar-refractivity contribution is -0.118. The lowest BCUT2D eigenvalue weighted by Crippen LogP contribution is -2.11. The Morgan fingerprint density at radius 3 is 3.04 bits per heavy atom. The topological polar surface area (TPSA) is 69.9 Å². The quantitative estimate of drug-likeness (QED) is 0.605. The Kier molecular flexibility index (Phi) is 4.31. The third kappa shape index (κ3) is 2.96. The number of carbonyl (C=O) groups is 1. The molecular formula is C17H14BrClN4O2. The zero-order valence-electron chi connectivity index (χ0n) is 13.4. The Bertz CT molecular complexity index is 988. The van der Waals surface area contributed by atoms with Crippen LogP contribution in [-0.2, 0) is 22.5 Å². The summed E-state index contributed by atoms with van der Waals surface area (Å²) < 4.78 is 7.76. The average Bonchev–Trinajstić information content (AvgIpc) is 3.11. The van der Waals surface area contributed by atoms with Gasteiger partial charge in [0.1, 0.15) is 0 Å². The Labute approximate surface area is 157 Å². The molecule has 0 bridgehead atoms. The predicted molar refractivity (Wildman–Crippen MR) is 96.9 cm³/mol. The van der Waals surface area contributed by atoms with Crippen molar-refractivity contribution in [1.82, 2.24) is 19.7 Å². The van der Waals surface area contributed by atoms with E-state index in [-0.39, 0.29) is 11.1 Å². The number of ether oxygens (including phenoxy) is 1. The molecule has 0 saturated carbocycles. The second-order valence-corrected chi connectivity index (χ2v) is 7.17. The Morgan fingerprint density at radius 1 is 1.40 bits per heavy atom. The van der Waals surface area contributed by atoms with Crippen LogP contribution in [0.3, 0.4) is 0 Å². The molecule has 1 aliphatic carbocycles.